The fraction of sp³-hybridized carbons (Fsp3) is 0.389. The highest BCUT2D eigenvalue weighted by atomic mass is 16.5. The van der Waals surface area contributed by atoms with Crippen molar-refractivity contribution in [2.45, 2.75) is 32.2 Å². The van der Waals surface area contributed by atoms with Gasteiger partial charge in [-0.1, -0.05) is 31.2 Å². The second kappa shape index (κ2) is 8.42. The second-order valence-electron chi connectivity index (χ2n) is 5.13. The molecule has 0 aliphatic heterocycles. The van der Waals surface area contributed by atoms with Crippen LogP contribution >= 0.6 is 0 Å². The molecule has 1 heterocycles. The summed E-state index contributed by atoms with van der Waals surface area (Å²) in [5.74, 6) is 0.991. The van der Waals surface area contributed by atoms with Crippen LogP contribution in [0.5, 0.6) is 5.75 Å². The lowest BCUT2D eigenvalue weighted by Gasteiger charge is -2.20. The fourth-order valence-corrected chi connectivity index (χ4v) is 2.42. The van der Waals surface area contributed by atoms with Crippen molar-refractivity contribution >= 4 is 0 Å². The summed E-state index contributed by atoms with van der Waals surface area (Å²) >= 11 is 0. The minimum Gasteiger partial charge on any atom is -0.493 e. The molecule has 0 radical (unpaired) electrons. The number of aryl methyl sites for hydroxylation is 1. The molecule has 21 heavy (non-hydrogen) atoms. The standard InChI is InChI=1S/C18H24N2O/c1-3-13-21-18-9-5-4-8-16(18)17(19-2)11-10-15-7-6-12-20-14-15/h4-9,12,14,17,19H,3,10-11,13H2,1-2H3. The molecule has 2 rings (SSSR count). The van der Waals surface area contributed by atoms with Crippen LogP contribution in [0.1, 0.15) is 36.9 Å². The highest BCUT2D eigenvalue weighted by Crippen LogP contribution is 2.28. The first-order chi connectivity index (χ1) is 10.3. The van der Waals surface area contributed by atoms with Gasteiger partial charge in [0.25, 0.3) is 0 Å². The lowest BCUT2D eigenvalue weighted by atomic mass is 9.99. The molecule has 1 atom stereocenters. The number of pyridine rings is 1. The van der Waals surface area contributed by atoms with Crippen LogP contribution in [0.25, 0.3) is 0 Å². The van der Waals surface area contributed by atoms with E-state index in [4.69, 9.17) is 4.74 Å². The maximum atomic E-state index is 5.87. The number of hydrogen-bond acceptors (Lipinski definition) is 3. The van der Waals surface area contributed by atoms with Gasteiger partial charge in [0.2, 0.25) is 0 Å². The minimum absolute atomic E-state index is 0.290. The lowest BCUT2D eigenvalue weighted by Crippen LogP contribution is -2.18. The first kappa shape index (κ1) is 15.5. The molecule has 0 aliphatic carbocycles. The second-order valence-corrected chi connectivity index (χ2v) is 5.13. The molecule has 0 amide bonds. The van der Waals surface area contributed by atoms with Crippen molar-refractivity contribution in [3.63, 3.8) is 0 Å². The van der Waals surface area contributed by atoms with Crippen LogP contribution in [-0.4, -0.2) is 18.6 Å². The van der Waals surface area contributed by atoms with E-state index in [9.17, 15) is 0 Å². The zero-order valence-electron chi connectivity index (χ0n) is 12.9. The molecule has 2 aromatic rings. The zero-order valence-corrected chi connectivity index (χ0v) is 12.9. The summed E-state index contributed by atoms with van der Waals surface area (Å²) in [5.41, 5.74) is 2.50. The number of benzene rings is 1. The highest BCUT2D eigenvalue weighted by Gasteiger charge is 2.14. The molecule has 3 heteroatoms. The maximum Gasteiger partial charge on any atom is 0.124 e. The minimum atomic E-state index is 0.290. The molecule has 0 spiro atoms. The molecule has 0 saturated heterocycles. The van der Waals surface area contributed by atoms with Crippen molar-refractivity contribution in [1.29, 1.82) is 0 Å². The van der Waals surface area contributed by atoms with Crippen LogP contribution in [0.2, 0.25) is 0 Å². The van der Waals surface area contributed by atoms with Gasteiger partial charge in [0.05, 0.1) is 6.61 Å². The Morgan fingerprint density at radius 3 is 2.76 bits per heavy atom. The van der Waals surface area contributed by atoms with Gasteiger partial charge in [-0.05, 0) is 44.0 Å². The zero-order chi connectivity index (χ0) is 14.9. The number of ether oxygens (including phenoxy) is 1. The van der Waals surface area contributed by atoms with Crippen LogP contribution in [0.4, 0.5) is 0 Å². The molecule has 3 nitrogen and oxygen atoms in total. The Kier molecular flexibility index (Phi) is 6.22. The third kappa shape index (κ3) is 4.57. The van der Waals surface area contributed by atoms with Gasteiger partial charge in [-0.2, -0.15) is 0 Å². The topological polar surface area (TPSA) is 34.1 Å². The van der Waals surface area contributed by atoms with Gasteiger partial charge < -0.3 is 10.1 Å². The van der Waals surface area contributed by atoms with Crippen LogP contribution in [0.15, 0.2) is 48.8 Å². The van der Waals surface area contributed by atoms with Gasteiger partial charge in [0.15, 0.2) is 0 Å². The molecular weight excluding hydrogens is 260 g/mol. The van der Waals surface area contributed by atoms with E-state index in [1.807, 2.05) is 31.6 Å². The van der Waals surface area contributed by atoms with E-state index in [1.165, 1.54) is 11.1 Å². The fourth-order valence-electron chi connectivity index (χ4n) is 2.42. The number of para-hydroxylation sites is 1. The van der Waals surface area contributed by atoms with E-state index in [-0.39, 0.29) is 0 Å². The molecule has 1 aromatic carbocycles. The van der Waals surface area contributed by atoms with Crippen molar-refractivity contribution in [3.05, 3.63) is 59.9 Å². The van der Waals surface area contributed by atoms with Gasteiger partial charge >= 0.3 is 0 Å². The molecule has 0 saturated carbocycles. The van der Waals surface area contributed by atoms with E-state index < -0.39 is 0 Å². The molecule has 0 aliphatic rings. The molecule has 0 bridgehead atoms. The van der Waals surface area contributed by atoms with E-state index in [1.54, 1.807) is 0 Å². The quantitative estimate of drug-likeness (QED) is 0.801. The summed E-state index contributed by atoms with van der Waals surface area (Å²) in [6.07, 6.45) is 6.80. The van der Waals surface area contributed by atoms with E-state index in [0.29, 0.717) is 6.04 Å². The monoisotopic (exact) mass is 284 g/mol. The number of aromatic nitrogens is 1. The first-order valence-electron chi connectivity index (χ1n) is 7.63. The van der Waals surface area contributed by atoms with E-state index in [2.05, 4.69) is 41.5 Å². The van der Waals surface area contributed by atoms with Crippen molar-refractivity contribution in [2.24, 2.45) is 0 Å². The smallest absolute Gasteiger partial charge is 0.124 e. The van der Waals surface area contributed by atoms with Gasteiger partial charge in [-0.15, -0.1) is 0 Å². The van der Waals surface area contributed by atoms with Crippen LogP contribution in [0, 0.1) is 0 Å². The molecule has 1 aromatic heterocycles. The Bertz CT molecular complexity index is 528. The predicted octanol–water partition coefficient (Wildman–Crippen LogP) is 3.76. The largest absolute Gasteiger partial charge is 0.493 e. The average Bonchev–Trinajstić information content (AvgIpc) is 2.55. The van der Waals surface area contributed by atoms with Crippen LogP contribution in [0.3, 0.4) is 0 Å². The molecule has 0 fully saturated rings. The SMILES string of the molecule is CCCOc1ccccc1C(CCc1cccnc1)NC. The predicted molar refractivity (Wildman–Crippen MR) is 86.6 cm³/mol. The summed E-state index contributed by atoms with van der Waals surface area (Å²) in [6, 6.07) is 12.7. The molecule has 1 unspecified atom stereocenters. The van der Waals surface area contributed by atoms with Crippen LogP contribution < -0.4 is 10.1 Å². The third-order valence-corrected chi connectivity index (χ3v) is 3.55. The average molecular weight is 284 g/mol. The summed E-state index contributed by atoms with van der Waals surface area (Å²) in [5, 5.41) is 3.41. The molecule has 112 valence electrons. The summed E-state index contributed by atoms with van der Waals surface area (Å²) in [4.78, 5) is 4.17. The van der Waals surface area contributed by atoms with Crippen molar-refractivity contribution in [2.75, 3.05) is 13.7 Å². The number of nitrogens with zero attached hydrogens (tertiary/aromatic N) is 1. The normalized spacial score (nSPS) is 12.1. The summed E-state index contributed by atoms with van der Waals surface area (Å²) in [7, 11) is 2.00. The molecular formula is C18H24N2O. The molecule has 1 N–H and O–H groups in total. The van der Waals surface area contributed by atoms with E-state index in [0.717, 1.165) is 31.6 Å². The Hall–Kier alpha value is -1.87. The Balaban J connectivity index is 2.06. The number of hydrogen-bond donors (Lipinski definition) is 1. The Morgan fingerprint density at radius 1 is 1.19 bits per heavy atom. The first-order valence-corrected chi connectivity index (χ1v) is 7.63. The van der Waals surface area contributed by atoms with Gasteiger partial charge in [-0.25, -0.2) is 0 Å². The van der Waals surface area contributed by atoms with E-state index >= 15 is 0 Å². The summed E-state index contributed by atoms with van der Waals surface area (Å²) in [6.45, 7) is 2.89. The summed E-state index contributed by atoms with van der Waals surface area (Å²) < 4.78 is 5.87. The Labute approximate surface area is 127 Å². The van der Waals surface area contributed by atoms with Gasteiger partial charge in [0.1, 0.15) is 5.75 Å². The lowest BCUT2D eigenvalue weighted by molar-refractivity contribution is 0.310. The van der Waals surface area contributed by atoms with Crippen molar-refractivity contribution in [3.8, 4) is 5.75 Å². The van der Waals surface area contributed by atoms with Crippen LogP contribution in [-0.2, 0) is 6.42 Å². The third-order valence-electron chi connectivity index (χ3n) is 3.55. The number of nitrogens with one attached hydrogen (secondary N) is 1. The highest BCUT2D eigenvalue weighted by molar-refractivity contribution is 5.36. The van der Waals surface area contributed by atoms with Crippen molar-refractivity contribution < 1.29 is 4.74 Å². The van der Waals surface area contributed by atoms with Crippen molar-refractivity contribution in [1.82, 2.24) is 10.3 Å². The number of rotatable bonds is 8. The van der Waals surface area contributed by atoms with Gasteiger partial charge in [0, 0.05) is 24.0 Å². The van der Waals surface area contributed by atoms with Gasteiger partial charge in [-0.3, -0.25) is 4.98 Å². The Morgan fingerprint density at radius 2 is 2.05 bits per heavy atom. The maximum absolute atomic E-state index is 5.87.